The second kappa shape index (κ2) is 6.92. The van der Waals surface area contributed by atoms with Crippen molar-refractivity contribution in [1.82, 2.24) is 10.2 Å². The fraction of sp³-hybridized carbons (Fsp3) is 0.375. The van der Waals surface area contributed by atoms with Gasteiger partial charge in [0, 0.05) is 37.3 Å². The molecule has 0 bridgehead atoms. The number of nitrogen functional groups attached to an aromatic ring is 1. The highest BCUT2D eigenvalue weighted by Gasteiger charge is 2.21. The third kappa shape index (κ3) is 4.63. The molecule has 112 valence electrons. The van der Waals surface area contributed by atoms with E-state index in [1.54, 1.807) is 23.1 Å². The molecule has 0 radical (unpaired) electrons. The molecule has 0 aromatic heterocycles. The van der Waals surface area contributed by atoms with E-state index in [0.29, 0.717) is 18.7 Å². The minimum Gasteiger partial charge on any atom is -0.399 e. The van der Waals surface area contributed by atoms with E-state index in [1.165, 1.54) is 6.08 Å². The first-order valence-corrected chi connectivity index (χ1v) is 7.16. The van der Waals surface area contributed by atoms with Crippen molar-refractivity contribution in [3.05, 3.63) is 35.9 Å². The highest BCUT2D eigenvalue weighted by molar-refractivity contribution is 5.92. The van der Waals surface area contributed by atoms with E-state index >= 15 is 0 Å². The Morgan fingerprint density at radius 3 is 2.76 bits per heavy atom. The van der Waals surface area contributed by atoms with Crippen LogP contribution in [-0.2, 0) is 9.59 Å². The predicted octanol–water partition coefficient (Wildman–Crippen LogP) is 1.41. The average Bonchev–Trinajstić information content (AvgIpc) is 2.83. The topological polar surface area (TPSA) is 75.4 Å². The molecule has 1 aliphatic heterocycles. The van der Waals surface area contributed by atoms with Crippen LogP contribution in [0.4, 0.5) is 5.69 Å². The van der Waals surface area contributed by atoms with Crippen LogP contribution in [0.1, 0.15) is 25.3 Å². The molecule has 1 unspecified atom stereocenters. The summed E-state index contributed by atoms with van der Waals surface area (Å²) >= 11 is 0. The van der Waals surface area contributed by atoms with Crippen molar-refractivity contribution in [3.63, 3.8) is 0 Å². The van der Waals surface area contributed by atoms with Gasteiger partial charge in [-0.1, -0.05) is 12.1 Å². The molecular formula is C16H21N3O2. The fourth-order valence-corrected chi connectivity index (χ4v) is 2.34. The van der Waals surface area contributed by atoms with E-state index in [2.05, 4.69) is 5.32 Å². The SMILES string of the molecule is CC(CN1CCCC1=O)NC(=O)/C=C/c1ccc(N)cc1. The maximum atomic E-state index is 11.8. The number of carbonyl (C=O) groups excluding carboxylic acids is 2. The van der Waals surface area contributed by atoms with E-state index in [0.717, 1.165) is 18.5 Å². The van der Waals surface area contributed by atoms with Crippen LogP contribution in [0, 0.1) is 0 Å². The van der Waals surface area contributed by atoms with E-state index in [9.17, 15) is 9.59 Å². The maximum absolute atomic E-state index is 11.8. The monoisotopic (exact) mass is 287 g/mol. The number of likely N-dealkylation sites (tertiary alicyclic amines) is 1. The Hall–Kier alpha value is -2.30. The molecule has 21 heavy (non-hydrogen) atoms. The largest absolute Gasteiger partial charge is 0.399 e. The molecule has 5 heteroatoms. The molecular weight excluding hydrogens is 266 g/mol. The zero-order valence-corrected chi connectivity index (χ0v) is 12.2. The van der Waals surface area contributed by atoms with Crippen LogP contribution in [0.3, 0.4) is 0 Å². The summed E-state index contributed by atoms with van der Waals surface area (Å²) in [6.45, 7) is 3.27. The zero-order valence-electron chi connectivity index (χ0n) is 12.2. The summed E-state index contributed by atoms with van der Waals surface area (Å²) in [5.74, 6) is 0.0134. The van der Waals surface area contributed by atoms with Crippen molar-refractivity contribution < 1.29 is 9.59 Å². The van der Waals surface area contributed by atoms with Gasteiger partial charge in [-0.2, -0.15) is 0 Å². The van der Waals surface area contributed by atoms with Crippen LogP contribution < -0.4 is 11.1 Å². The number of hydrogen-bond donors (Lipinski definition) is 2. The summed E-state index contributed by atoms with van der Waals surface area (Å²) in [7, 11) is 0. The van der Waals surface area contributed by atoms with E-state index < -0.39 is 0 Å². The van der Waals surface area contributed by atoms with Gasteiger partial charge in [0.25, 0.3) is 0 Å². The van der Waals surface area contributed by atoms with Crippen LogP contribution in [0.25, 0.3) is 6.08 Å². The summed E-state index contributed by atoms with van der Waals surface area (Å²) in [5, 5.41) is 2.86. The first-order chi connectivity index (χ1) is 10.0. The van der Waals surface area contributed by atoms with Gasteiger partial charge in [0.15, 0.2) is 0 Å². The summed E-state index contributed by atoms with van der Waals surface area (Å²) in [6.07, 6.45) is 4.77. The summed E-state index contributed by atoms with van der Waals surface area (Å²) in [4.78, 5) is 25.1. The van der Waals surface area contributed by atoms with Crippen LogP contribution in [-0.4, -0.2) is 35.8 Å². The van der Waals surface area contributed by atoms with E-state index in [4.69, 9.17) is 5.73 Å². The lowest BCUT2D eigenvalue weighted by atomic mass is 10.2. The van der Waals surface area contributed by atoms with Gasteiger partial charge in [-0.3, -0.25) is 9.59 Å². The predicted molar refractivity (Wildman–Crippen MR) is 83.3 cm³/mol. The number of benzene rings is 1. The minimum atomic E-state index is -0.161. The molecule has 1 aromatic carbocycles. The molecule has 2 amide bonds. The molecule has 1 aliphatic rings. The lowest BCUT2D eigenvalue weighted by molar-refractivity contribution is -0.128. The lowest BCUT2D eigenvalue weighted by Gasteiger charge is -2.21. The second-order valence-electron chi connectivity index (χ2n) is 5.35. The number of nitrogens with zero attached hydrogens (tertiary/aromatic N) is 1. The van der Waals surface area contributed by atoms with Gasteiger partial charge in [0.05, 0.1) is 0 Å². The standard InChI is InChI=1S/C16H21N3O2/c1-12(11-19-10-2-3-16(19)21)18-15(20)9-6-13-4-7-14(17)8-5-13/h4-9,12H,2-3,10-11,17H2,1H3,(H,18,20)/b9-6+. The summed E-state index contributed by atoms with van der Waals surface area (Å²) in [6, 6.07) is 7.23. The van der Waals surface area contributed by atoms with Crippen LogP contribution in [0.2, 0.25) is 0 Å². The number of hydrogen-bond acceptors (Lipinski definition) is 3. The summed E-state index contributed by atoms with van der Waals surface area (Å²) < 4.78 is 0. The van der Waals surface area contributed by atoms with Crippen molar-refractivity contribution in [2.45, 2.75) is 25.8 Å². The van der Waals surface area contributed by atoms with Gasteiger partial charge in [0.2, 0.25) is 11.8 Å². The highest BCUT2D eigenvalue weighted by atomic mass is 16.2. The molecule has 3 N–H and O–H groups in total. The second-order valence-corrected chi connectivity index (χ2v) is 5.35. The Morgan fingerprint density at radius 1 is 1.43 bits per heavy atom. The average molecular weight is 287 g/mol. The smallest absolute Gasteiger partial charge is 0.244 e. The third-order valence-electron chi connectivity index (χ3n) is 3.42. The lowest BCUT2D eigenvalue weighted by Crippen LogP contribution is -2.41. The van der Waals surface area contributed by atoms with Crippen LogP contribution >= 0.6 is 0 Å². The van der Waals surface area contributed by atoms with Crippen molar-refractivity contribution >= 4 is 23.6 Å². The zero-order chi connectivity index (χ0) is 15.2. The quantitative estimate of drug-likeness (QED) is 0.635. The molecule has 1 saturated heterocycles. The number of carbonyl (C=O) groups is 2. The molecule has 0 spiro atoms. The first-order valence-electron chi connectivity index (χ1n) is 7.16. The number of nitrogens with two attached hydrogens (primary N) is 1. The molecule has 0 aliphatic carbocycles. The Balaban J connectivity index is 1.80. The Bertz CT molecular complexity index is 537. The van der Waals surface area contributed by atoms with Gasteiger partial charge in [-0.15, -0.1) is 0 Å². The summed E-state index contributed by atoms with van der Waals surface area (Å²) in [5.41, 5.74) is 7.22. The fourth-order valence-electron chi connectivity index (χ4n) is 2.34. The molecule has 1 fully saturated rings. The normalized spacial score (nSPS) is 16.4. The first kappa shape index (κ1) is 15.1. The number of rotatable bonds is 5. The van der Waals surface area contributed by atoms with Crippen LogP contribution in [0.15, 0.2) is 30.3 Å². The van der Waals surface area contributed by atoms with Gasteiger partial charge in [-0.05, 0) is 37.1 Å². The Morgan fingerprint density at radius 2 is 2.14 bits per heavy atom. The van der Waals surface area contributed by atoms with Gasteiger partial charge in [-0.25, -0.2) is 0 Å². The van der Waals surface area contributed by atoms with Crippen molar-refractivity contribution in [3.8, 4) is 0 Å². The number of nitrogens with one attached hydrogen (secondary N) is 1. The van der Waals surface area contributed by atoms with Gasteiger partial charge >= 0.3 is 0 Å². The molecule has 0 saturated carbocycles. The molecule has 1 heterocycles. The highest BCUT2D eigenvalue weighted by Crippen LogP contribution is 2.10. The number of anilines is 1. The van der Waals surface area contributed by atoms with Crippen molar-refractivity contribution in [2.75, 3.05) is 18.8 Å². The number of amides is 2. The molecule has 5 nitrogen and oxygen atoms in total. The van der Waals surface area contributed by atoms with Crippen molar-refractivity contribution in [1.29, 1.82) is 0 Å². The third-order valence-corrected chi connectivity index (χ3v) is 3.42. The molecule has 1 aromatic rings. The Labute approximate surface area is 124 Å². The van der Waals surface area contributed by atoms with Gasteiger partial charge in [0.1, 0.15) is 0 Å². The van der Waals surface area contributed by atoms with Crippen molar-refractivity contribution in [2.24, 2.45) is 0 Å². The Kier molecular flexibility index (Phi) is 4.98. The van der Waals surface area contributed by atoms with E-state index in [1.807, 2.05) is 19.1 Å². The van der Waals surface area contributed by atoms with Gasteiger partial charge < -0.3 is 16.0 Å². The maximum Gasteiger partial charge on any atom is 0.244 e. The molecule has 1 atom stereocenters. The minimum absolute atomic E-state index is 0.0596. The van der Waals surface area contributed by atoms with E-state index in [-0.39, 0.29) is 17.9 Å². The molecule has 2 rings (SSSR count). The van der Waals surface area contributed by atoms with Crippen LogP contribution in [0.5, 0.6) is 0 Å².